The Morgan fingerprint density at radius 2 is 2.19 bits per heavy atom. The lowest BCUT2D eigenvalue weighted by Gasteiger charge is -2.14. The number of aromatic amines is 1. The third-order valence-electron chi connectivity index (χ3n) is 2.74. The van der Waals surface area contributed by atoms with Gasteiger partial charge < -0.3 is 4.98 Å². The van der Waals surface area contributed by atoms with Crippen molar-refractivity contribution in [2.24, 2.45) is 5.92 Å². The summed E-state index contributed by atoms with van der Waals surface area (Å²) in [5.74, 6) is 0.394. The molecule has 5 nitrogen and oxygen atoms in total. The number of rotatable bonds is 2. The second-order valence-corrected chi connectivity index (χ2v) is 7.30. The molecule has 90 valence electrons. The summed E-state index contributed by atoms with van der Waals surface area (Å²) in [5.41, 5.74) is 0.439. The van der Waals surface area contributed by atoms with Crippen molar-refractivity contribution in [1.82, 2.24) is 9.29 Å². The maximum Gasteiger partial charge on any atom is 0.305 e. The third kappa shape index (κ3) is 1.94. The Hall–Kier alpha value is -0.660. The van der Waals surface area contributed by atoms with Crippen molar-refractivity contribution >= 4 is 21.4 Å². The fourth-order valence-corrected chi connectivity index (χ4v) is 4.88. The predicted molar refractivity (Wildman–Crippen MR) is 62.2 cm³/mol. The van der Waals surface area contributed by atoms with Crippen molar-refractivity contribution in [2.75, 3.05) is 13.1 Å². The highest BCUT2D eigenvalue weighted by Gasteiger charge is 2.33. The lowest BCUT2D eigenvalue weighted by atomic mass is 10.2. The van der Waals surface area contributed by atoms with Gasteiger partial charge >= 0.3 is 4.87 Å². The van der Waals surface area contributed by atoms with E-state index in [-0.39, 0.29) is 9.08 Å². The molecule has 7 heteroatoms. The zero-order valence-electron chi connectivity index (χ0n) is 9.19. The summed E-state index contributed by atoms with van der Waals surface area (Å²) in [6.45, 7) is 4.75. The minimum absolute atomic E-state index is 0.159. The van der Waals surface area contributed by atoms with Crippen LogP contribution in [0.15, 0.2) is 9.00 Å². The Balaban J connectivity index is 2.39. The molecule has 16 heavy (non-hydrogen) atoms. The highest BCUT2D eigenvalue weighted by Crippen LogP contribution is 2.26. The van der Waals surface area contributed by atoms with E-state index < -0.39 is 10.0 Å². The van der Waals surface area contributed by atoms with Crippen molar-refractivity contribution in [3.05, 3.63) is 15.4 Å². The van der Waals surface area contributed by atoms with E-state index in [2.05, 4.69) is 4.98 Å². The lowest BCUT2D eigenvalue weighted by Crippen LogP contribution is -2.28. The molecule has 2 rings (SSSR count). The second-order valence-electron chi connectivity index (χ2n) is 4.18. The highest BCUT2D eigenvalue weighted by molar-refractivity contribution is 7.91. The summed E-state index contributed by atoms with van der Waals surface area (Å²) in [7, 11) is -3.46. The van der Waals surface area contributed by atoms with Crippen LogP contribution in [0.2, 0.25) is 0 Å². The number of nitrogens with one attached hydrogen (secondary N) is 1. The van der Waals surface area contributed by atoms with Crippen molar-refractivity contribution in [1.29, 1.82) is 0 Å². The molecule has 0 spiro atoms. The van der Waals surface area contributed by atoms with Crippen LogP contribution < -0.4 is 4.87 Å². The van der Waals surface area contributed by atoms with Crippen molar-refractivity contribution in [3.63, 3.8) is 0 Å². The molecule has 1 atom stereocenters. The van der Waals surface area contributed by atoms with Crippen LogP contribution in [0.4, 0.5) is 0 Å². The molecule has 0 bridgehead atoms. The fraction of sp³-hybridized carbons (Fsp3) is 0.667. The van der Waals surface area contributed by atoms with Crippen molar-refractivity contribution in [2.45, 2.75) is 24.5 Å². The molecule has 0 amide bonds. The summed E-state index contributed by atoms with van der Waals surface area (Å²) in [4.78, 5) is 13.3. The monoisotopic (exact) mass is 262 g/mol. The Morgan fingerprint density at radius 3 is 2.62 bits per heavy atom. The molecular formula is C9H14N2O3S2. The maximum absolute atomic E-state index is 12.2. The first-order chi connectivity index (χ1) is 7.41. The van der Waals surface area contributed by atoms with Gasteiger partial charge in [-0.25, -0.2) is 8.42 Å². The van der Waals surface area contributed by atoms with Crippen molar-refractivity contribution < 1.29 is 8.42 Å². The van der Waals surface area contributed by atoms with Crippen LogP contribution in [0.3, 0.4) is 0 Å². The van der Waals surface area contributed by atoms with Crippen molar-refractivity contribution in [3.8, 4) is 0 Å². The van der Waals surface area contributed by atoms with Crippen LogP contribution in [-0.2, 0) is 10.0 Å². The summed E-state index contributed by atoms with van der Waals surface area (Å²) >= 11 is 0.769. The summed E-state index contributed by atoms with van der Waals surface area (Å²) in [5, 5.41) is 0. The zero-order valence-corrected chi connectivity index (χ0v) is 10.8. The quantitative estimate of drug-likeness (QED) is 0.856. The highest BCUT2D eigenvalue weighted by atomic mass is 32.2. The van der Waals surface area contributed by atoms with Crippen LogP contribution in [-0.4, -0.2) is 30.8 Å². The number of H-pyrrole nitrogens is 1. The van der Waals surface area contributed by atoms with Gasteiger partial charge in [0.2, 0.25) is 0 Å². The lowest BCUT2D eigenvalue weighted by molar-refractivity contribution is 0.465. The van der Waals surface area contributed by atoms with E-state index in [1.807, 2.05) is 6.92 Å². The van der Waals surface area contributed by atoms with Gasteiger partial charge in [-0.1, -0.05) is 18.3 Å². The summed E-state index contributed by atoms with van der Waals surface area (Å²) < 4.78 is 26.0. The Labute approximate surface area is 98.2 Å². The number of thiazole rings is 1. The maximum atomic E-state index is 12.2. The van der Waals surface area contributed by atoms with E-state index >= 15 is 0 Å². The average molecular weight is 262 g/mol. The van der Waals surface area contributed by atoms with Crippen LogP contribution >= 0.6 is 11.3 Å². The number of aryl methyl sites for hydroxylation is 1. The number of aromatic nitrogens is 1. The minimum Gasteiger partial charge on any atom is -0.315 e. The van der Waals surface area contributed by atoms with E-state index in [0.717, 1.165) is 17.8 Å². The van der Waals surface area contributed by atoms with E-state index in [9.17, 15) is 13.2 Å². The Kier molecular flexibility index (Phi) is 2.93. The van der Waals surface area contributed by atoms with E-state index in [0.29, 0.717) is 24.7 Å². The first kappa shape index (κ1) is 11.8. The molecule has 0 aromatic carbocycles. The molecule has 2 heterocycles. The smallest absolute Gasteiger partial charge is 0.305 e. The molecule has 1 aliphatic heterocycles. The molecule has 1 saturated heterocycles. The zero-order chi connectivity index (χ0) is 11.9. The van der Waals surface area contributed by atoms with Gasteiger partial charge in [0, 0.05) is 18.8 Å². The molecule has 0 radical (unpaired) electrons. The largest absolute Gasteiger partial charge is 0.315 e. The minimum atomic E-state index is -3.46. The number of nitrogens with zero attached hydrogens (tertiary/aromatic N) is 1. The molecule has 0 saturated carbocycles. The van der Waals surface area contributed by atoms with E-state index in [4.69, 9.17) is 0 Å². The molecule has 1 N–H and O–H groups in total. The van der Waals surface area contributed by atoms with Gasteiger partial charge in [0.1, 0.15) is 0 Å². The first-order valence-corrected chi connectivity index (χ1v) is 7.37. The topological polar surface area (TPSA) is 70.2 Å². The summed E-state index contributed by atoms with van der Waals surface area (Å²) in [6, 6.07) is 0. The predicted octanol–water partition coefficient (Wildman–Crippen LogP) is 0.775. The SMILES string of the molecule is Cc1[nH]c(=O)sc1S(=O)(=O)N1CCC(C)C1. The first-order valence-electron chi connectivity index (χ1n) is 5.11. The normalized spacial score (nSPS) is 22.8. The molecule has 1 aromatic heterocycles. The Bertz CT molecular complexity index is 543. The Morgan fingerprint density at radius 1 is 1.50 bits per heavy atom. The van der Waals surface area contributed by atoms with Gasteiger partial charge in [-0.15, -0.1) is 0 Å². The number of hydrogen-bond acceptors (Lipinski definition) is 4. The molecule has 1 aromatic rings. The van der Waals surface area contributed by atoms with E-state index in [1.54, 1.807) is 6.92 Å². The van der Waals surface area contributed by atoms with Gasteiger partial charge in [0.05, 0.1) is 0 Å². The molecular weight excluding hydrogens is 248 g/mol. The molecule has 1 unspecified atom stereocenters. The van der Waals surface area contributed by atoms with Crippen LogP contribution in [0.5, 0.6) is 0 Å². The summed E-state index contributed by atoms with van der Waals surface area (Å²) in [6.07, 6.45) is 0.887. The molecule has 1 aliphatic rings. The van der Waals surface area contributed by atoms with Gasteiger partial charge in [-0.2, -0.15) is 4.31 Å². The van der Waals surface area contributed by atoms with Gasteiger partial charge in [-0.05, 0) is 19.3 Å². The van der Waals surface area contributed by atoms with Crippen LogP contribution in [0.1, 0.15) is 19.0 Å². The van der Waals surface area contributed by atoms with Crippen LogP contribution in [0, 0.1) is 12.8 Å². The van der Waals surface area contributed by atoms with E-state index in [1.165, 1.54) is 4.31 Å². The van der Waals surface area contributed by atoms with Gasteiger partial charge in [0.25, 0.3) is 10.0 Å². The molecule has 0 aliphatic carbocycles. The van der Waals surface area contributed by atoms with Gasteiger partial charge in [-0.3, -0.25) is 4.79 Å². The number of hydrogen-bond donors (Lipinski definition) is 1. The van der Waals surface area contributed by atoms with Crippen LogP contribution in [0.25, 0.3) is 0 Å². The second kappa shape index (κ2) is 3.97. The average Bonchev–Trinajstić information content (AvgIpc) is 2.73. The standard InChI is InChI=1S/C9H14N2O3S2/c1-6-3-4-11(5-6)16(13,14)8-7(2)10-9(12)15-8/h6H,3-5H2,1-2H3,(H,10,12). The van der Waals surface area contributed by atoms with Gasteiger partial charge in [0.15, 0.2) is 4.21 Å². The third-order valence-corrected chi connectivity index (χ3v) is 6.19. The fourth-order valence-electron chi connectivity index (χ4n) is 1.87. The molecule has 1 fully saturated rings. The number of sulfonamides is 1.